The van der Waals surface area contributed by atoms with Gasteiger partial charge in [0.1, 0.15) is 28.6 Å². The van der Waals surface area contributed by atoms with E-state index in [0.717, 1.165) is 41.5 Å². The van der Waals surface area contributed by atoms with Gasteiger partial charge in [0.2, 0.25) is 0 Å². The summed E-state index contributed by atoms with van der Waals surface area (Å²) in [6.45, 7) is 4.55. The number of nitrogens with zero attached hydrogens (tertiary/aromatic N) is 2. The molecule has 0 spiro atoms. The third-order valence-corrected chi connectivity index (χ3v) is 3.77. The van der Waals surface area contributed by atoms with Gasteiger partial charge in [-0.15, -0.1) is 0 Å². The van der Waals surface area contributed by atoms with Crippen molar-refractivity contribution in [2.45, 2.75) is 26.5 Å². The summed E-state index contributed by atoms with van der Waals surface area (Å²) in [5.41, 5.74) is 1.20. The highest BCUT2D eigenvalue weighted by Crippen LogP contribution is 2.27. The minimum absolute atomic E-state index is 0.490. The summed E-state index contributed by atoms with van der Waals surface area (Å²) in [6, 6.07) is 8.07. The average molecular weight is 322 g/mol. The fraction of sp³-hybridized carbons (Fsp3) is 0.357. The van der Waals surface area contributed by atoms with Gasteiger partial charge in [0.15, 0.2) is 0 Å². The van der Waals surface area contributed by atoms with E-state index in [-0.39, 0.29) is 0 Å². The van der Waals surface area contributed by atoms with Crippen LogP contribution in [0.1, 0.15) is 17.8 Å². The predicted octanol–water partition coefficient (Wildman–Crippen LogP) is 3.35. The summed E-state index contributed by atoms with van der Waals surface area (Å²) in [5.74, 6) is 2.90. The van der Waals surface area contributed by atoms with Crippen molar-refractivity contribution in [3.05, 3.63) is 40.3 Å². The minimum atomic E-state index is 0.490. The summed E-state index contributed by atoms with van der Waals surface area (Å²) < 4.78 is 8.87. The molecule has 0 amide bonds. The van der Waals surface area contributed by atoms with Gasteiger partial charge in [0.05, 0.1) is 0 Å². The van der Waals surface area contributed by atoms with Crippen LogP contribution in [0.15, 0.2) is 28.9 Å². The molecule has 0 fully saturated rings. The molecule has 2 heterocycles. The maximum atomic E-state index is 5.82. The van der Waals surface area contributed by atoms with Gasteiger partial charge in [0.25, 0.3) is 0 Å². The summed E-state index contributed by atoms with van der Waals surface area (Å²) >= 11 is 3.49. The molecule has 0 aliphatic carbocycles. The fourth-order valence-corrected chi connectivity index (χ4v) is 2.84. The topological polar surface area (TPSA) is 39.1 Å². The van der Waals surface area contributed by atoms with E-state index >= 15 is 0 Å². The highest BCUT2D eigenvalue weighted by molar-refractivity contribution is 9.10. The van der Waals surface area contributed by atoms with Crippen LogP contribution in [0.3, 0.4) is 0 Å². The molecule has 5 heteroatoms. The molecule has 4 nitrogen and oxygen atoms in total. The van der Waals surface area contributed by atoms with Crippen molar-refractivity contribution in [3.63, 3.8) is 0 Å². The molecule has 0 radical (unpaired) electrons. The molecule has 3 rings (SSSR count). The lowest BCUT2D eigenvalue weighted by atomic mass is 10.2. The van der Waals surface area contributed by atoms with Crippen LogP contribution < -0.4 is 10.1 Å². The molecule has 19 heavy (non-hydrogen) atoms. The van der Waals surface area contributed by atoms with Crippen molar-refractivity contribution in [1.82, 2.24) is 9.55 Å². The van der Waals surface area contributed by atoms with Crippen molar-refractivity contribution in [1.29, 1.82) is 0 Å². The van der Waals surface area contributed by atoms with Gasteiger partial charge >= 0.3 is 0 Å². The number of benzene rings is 1. The van der Waals surface area contributed by atoms with Gasteiger partial charge in [-0.05, 0) is 47.0 Å². The quantitative estimate of drug-likeness (QED) is 0.942. The molecule has 0 saturated heterocycles. The fourth-order valence-electron chi connectivity index (χ4n) is 2.28. The standard InChI is InChI=1S/C14H16BrN3O/c1-10-4-2-5-11(8-10)19-9-12-17-13(15)14-16-6-3-7-18(12)14/h2,4-5,8,16H,3,6-7,9H2,1H3. The van der Waals surface area contributed by atoms with Crippen LogP contribution >= 0.6 is 15.9 Å². The molecule has 100 valence electrons. The van der Waals surface area contributed by atoms with Gasteiger partial charge in [-0.2, -0.15) is 0 Å². The third-order valence-electron chi connectivity index (χ3n) is 3.21. The number of nitrogens with one attached hydrogen (secondary N) is 1. The Kier molecular flexibility index (Phi) is 3.46. The number of anilines is 1. The molecular formula is C14H16BrN3O. The number of aromatic nitrogens is 2. The Morgan fingerprint density at radius 3 is 3.21 bits per heavy atom. The zero-order chi connectivity index (χ0) is 13.2. The first kappa shape index (κ1) is 12.5. The van der Waals surface area contributed by atoms with Crippen LogP contribution in [0.5, 0.6) is 5.75 Å². The molecule has 0 bridgehead atoms. The summed E-state index contributed by atoms with van der Waals surface area (Å²) in [5, 5.41) is 3.36. The van der Waals surface area contributed by atoms with Gasteiger partial charge in [-0.1, -0.05) is 12.1 Å². The second kappa shape index (κ2) is 5.25. The Hall–Kier alpha value is -1.49. The number of halogens is 1. The molecular weight excluding hydrogens is 306 g/mol. The summed E-state index contributed by atoms with van der Waals surface area (Å²) in [7, 11) is 0. The number of hydrogen-bond acceptors (Lipinski definition) is 3. The highest BCUT2D eigenvalue weighted by atomic mass is 79.9. The third kappa shape index (κ3) is 2.61. The van der Waals surface area contributed by atoms with Crippen LogP contribution in [0, 0.1) is 6.92 Å². The van der Waals surface area contributed by atoms with Gasteiger partial charge in [0, 0.05) is 13.1 Å². The number of hydrogen-bond donors (Lipinski definition) is 1. The normalized spacial score (nSPS) is 13.8. The summed E-state index contributed by atoms with van der Waals surface area (Å²) in [6.07, 6.45) is 1.12. The van der Waals surface area contributed by atoms with Crippen molar-refractivity contribution >= 4 is 21.7 Å². The molecule has 1 aromatic heterocycles. The van der Waals surface area contributed by atoms with Gasteiger partial charge in [-0.25, -0.2) is 4.98 Å². The number of fused-ring (bicyclic) bond motifs is 1. The molecule has 1 N–H and O–H groups in total. The van der Waals surface area contributed by atoms with E-state index in [0.29, 0.717) is 6.61 Å². The first-order chi connectivity index (χ1) is 9.24. The summed E-state index contributed by atoms with van der Waals surface area (Å²) in [4.78, 5) is 4.52. The van der Waals surface area contributed by atoms with Gasteiger partial charge in [-0.3, -0.25) is 0 Å². The van der Waals surface area contributed by atoms with Crippen LogP contribution in [0.4, 0.5) is 5.82 Å². The smallest absolute Gasteiger partial charge is 0.149 e. The Bertz CT molecular complexity index is 594. The molecule has 1 aliphatic heterocycles. The van der Waals surface area contributed by atoms with E-state index in [9.17, 15) is 0 Å². The Labute approximate surface area is 120 Å². The molecule has 2 aromatic rings. The molecule has 1 aliphatic rings. The van der Waals surface area contributed by atoms with E-state index < -0.39 is 0 Å². The maximum Gasteiger partial charge on any atom is 0.149 e. The number of ether oxygens (including phenoxy) is 1. The lowest BCUT2D eigenvalue weighted by Gasteiger charge is -2.18. The largest absolute Gasteiger partial charge is 0.486 e. The first-order valence-electron chi connectivity index (χ1n) is 6.42. The van der Waals surface area contributed by atoms with Crippen molar-refractivity contribution in [3.8, 4) is 5.75 Å². The predicted molar refractivity (Wildman–Crippen MR) is 78.5 cm³/mol. The minimum Gasteiger partial charge on any atom is -0.486 e. The lowest BCUT2D eigenvalue weighted by molar-refractivity contribution is 0.288. The van der Waals surface area contributed by atoms with E-state index in [2.05, 4.69) is 43.8 Å². The number of rotatable bonds is 3. The zero-order valence-electron chi connectivity index (χ0n) is 10.8. The van der Waals surface area contributed by atoms with E-state index in [4.69, 9.17) is 4.74 Å². The van der Waals surface area contributed by atoms with Crippen molar-refractivity contribution in [2.24, 2.45) is 0 Å². The van der Waals surface area contributed by atoms with Crippen LogP contribution in [-0.2, 0) is 13.2 Å². The molecule has 0 saturated carbocycles. The van der Waals surface area contributed by atoms with E-state index in [1.165, 1.54) is 5.56 Å². The second-order valence-corrected chi connectivity index (χ2v) is 5.46. The Morgan fingerprint density at radius 1 is 1.47 bits per heavy atom. The first-order valence-corrected chi connectivity index (χ1v) is 7.21. The Morgan fingerprint density at radius 2 is 2.37 bits per heavy atom. The zero-order valence-corrected chi connectivity index (χ0v) is 12.4. The van der Waals surface area contributed by atoms with Crippen LogP contribution in [0.25, 0.3) is 0 Å². The van der Waals surface area contributed by atoms with E-state index in [1.54, 1.807) is 0 Å². The van der Waals surface area contributed by atoms with Crippen molar-refractivity contribution in [2.75, 3.05) is 11.9 Å². The van der Waals surface area contributed by atoms with Crippen LogP contribution in [-0.4, -0.2) is 16.1 Å². The molecule has 0 unspecified atom stereocenters. The molecule has 0 atom stereocenters. The SMILES string of the molecule is Cc1cccc(OCc2nc(Br)c3n2CCCN3)c1. The highest BCUT2D eigenvalue weighted by Gasteiger charge is 2.18. The second-order valence-electron chi connectivity index (χ2n) is 4.70. The Balaban J connectivity index is 1.77. The van der Waals surface area contributed by atoms with Gasteiger partial charge < -0.3 is 14.6 Å². The number of aryl methyl sites for hydroxylation is 1. The molecule has 1 aromatic carbocycles. The lowest BCUT2D eigenvalue weighted by Crippen LogP contribution is -2.19. The van der Waals surface area contributed by atoms with Crippen LogP contribution in [0.2, 0.25) is 0 Å². The average Bonchev–Trinajstić information content (AvgIpc) is 2.74. The van der Waals surface area contributed by atoms with Crippen molar-refractivity contribution < 1.29 is 4.74 Å². The number of imidazole rings is 1. The maximum absolute atomic E-state index is 5.82. The van der Waals surface area contributed by atoms with E-state index in [1.807, 2.05) is 18.2 Å². The monoisotopic (exact) mass is 321 g/mol.